The summed E-state index contributed by atoms with van der Waals surface area (Å²) in [4.78, 5) is 11.5. The van der Waals surface area contributed by atoms with Crippen LogP contribution in [-0.2, 0) is 10.6 Å². The second-order valence-corrected chi connectivity index (χ2v) is 3.15. The summed E-state index contributed by atoms with van der Waals surface area (Å²) in [6.07, 6.45) is 0. The molecule has 0 aliphatic heterocycles. The van der Waals surface area contributed by atoms with Gasteiger partial charge in [0, 0.05) is 5.88 Å². The lowest BCUT2D eigenvalue weighted by Gasteiger charge is -2.09. The molecule has 0 fully saturated rings. The van der Waals surface area contributed by atoms with Crippen molar-refractivity contribution in [2.24, 2.45) is 5.84 Å². The first-order valence-corrected chi connectivity index (χ1v) is 5.09. The van der Waals surface area contributed by atoms with Crippen LogP contribution in [0.5, 0.6) is 0 Å². The molecular formula is C10H13ClN2O2. The van der Waals surface area contributed by atoms with Crippen LogP contribution in [0.2, 0.25) is 0 Å². The van der Waals surface area contributed by atoms with E-state index in [4.69, 9.17) is 22.2 Å². The Morgan fingerprint density at radius 2 is 2.33 bits per heavy atom. The standard InChI is InChI=1S/C10H13ClN2O2/c1-2-15-10(14)8-4-3-7(6-11)5-9(8)13-12/h3-5,13H,2,6,12H2,1H3. The van der Waals surface area contributed by atoms with Gasteiger partial charge < -0.3 is 10.2 Å². The molecule has 0 unspecified atom stereocenters. The van der Waals surface area contributed by atoms with E-state index in [-0.39, 0.29) is 0 Å². The molecule has 4 nitrogen and oxygen atoms in total. The zero-order chi connectivity index (χ0) is 11.3. The Morgan fingerprint density at radius 1 is 1.60 bits per heavy atom. The SMILES string of the molecule is CCOC(=O)c1ccc(CCl)cc1NN. The second-order valence-electron chi connectivity index (χ2n) is 2.88. The van der Waals surface area contributed by atoms with Gasteiger partial charge in [-0.2, -0.15) is 0 Å². The molecular weight excluding hydrogens is 216 g/mol. The second kappa shape index (κ2) is 5.58. The number of rotatable bonds is 4. The van der Waals surface area contributed by atoms with Crippen LogP contribution in [0.1, 0.15) is 22.8 Å². The van der Waals surface area contributed by atoms with Gasteiger partial charge in [0.25, 0.3) is 0 Å². The van der Waals surface area contributed by atoms with E-state index in [1.807, 2.05) is 0 Å². The van der Waals surface area contributed by atoms with Gasteiger partial charge in [0.05, 0.1) is 17.9 Å². The predicted molar refractivity (Wildman–Crippen MR) is 59.8 cm³/mol. The summed E-state index contributed by atoms with van der Waals surface area (Å²) in [5.41, 5.74) is 4.27. The molecule has 0 amide bonds. The molecule has 1 aromatic carbocycles. The van der Waals surface area contributed by atoms with Crippen molar-refractivity contribution < 1.29 is 9.53 Å². The maximum atomic E-state index is 11.5. The molecule has 0 saturated heterocycles. The normalized spacial score (nSPS) is 9.80. The molecule has 0 aromatic heterocycles. The summed E-state index contributed by atoms with van der Waals surface area (Å²) < 4.78 is 4.88. The minimum Gasteiger partial charge on any atom is -0.462 e. The number of nitrogens with one attached hydrogen (secondary N) is 1. The summed E-state index contributed by atoms with van der Waals surface area (Å²) >= 11 is 5.66. The van der Waals surface area contributed by atoms with E-state index in [1.54, 1.807) is 25.1 Å². The lowest BCUT2D eigenvalue weighted by atomic mass is 10.1. The summed E-state index contributed by atoms with van der Waals surface area (Å²) in [6, 6.07) is 5.13. The average Bonchev–Trinajstić information content (AvgIpc) is 2.28. The van der Waals surface area contributed by atoms with Crippen LogP contribution in [-0.4, -0.2) is 12.6 Å². The van der Waals surface area contributed by atoms with Crippen molar-refractivity contribution in [3.05, 3.63) is 29.3 Å². The van der Waals surface area contributed by atoms with Gasteiger partial charge in [-0.3, -0.25) is 5.84 Å². The molecule has 0 saturated carbocycles. The third-order valence-electron chi connectivity index (χ3n) is 1.89. The average molecular weight is 229 g/mol. The molecule has 3 N–H and O–H groups in total. The van der Waals surface area contributed by atoms with Crippen molar-refractivity contribution in [3.8, 4) is 0 Å². The fraction of sp³-hybridized carbons (Fsp3) is 0.300. The van der Waals surface area contributed by atoms with Crippen LogP contribution >= 0.6 is 11.6 Å². The molecule has 1 aromatic rings. The van der Waals surface area contributed by atoms with Crippen molar-refractivity contribution in [1.29, 1.82) is 0 Å². The van der Waals surface area contributed by atoms with Crippen molar-refractivity contribution in [2.45, 2.75) is 12.8 Å². The lowest BCUT2D eigenvalue weighted by molar-refractivity contribution is 0.0527. The Balaban J connectivity index is 3.02. The number of halogens is 1. The summed E-state index contributed by atoms with van der Waals surface area (Å²) in [7, 11) is 0. The number of hydrogen-bond donors (Lipinski definition) is 2. The Hall–Kier alpha value is -1.26. The summed E-state index contributed by atoms with van der Waals surface area (Å²) in [5, 5.41) is 0. The van der Waals surface area contributed by atoms with E-state index < -0.39 is 5.97 Å². The number of hydrogen-bond acceptors (Lipinski definition) is 4. The van der Waals surface area contributed by atoms with Gasteiger partial charge in [-0.25, -0.2) is 4.79 Å². The molecule has 0 aliphatic rings. The monoisotopic (exact) mass is 228 g/mol. The highest BCUT2D eigenvalue weighted by Gasteiger charge is 2.11. The third kappa shape index (κ3) is 2.84. The number of ether oxygens (including phenoxy) is 1. The topological polar surface area (TPSA) is 64.3 Å². The number of anilines is 1. The number of benzene rings is 1. The minimum absolute atomic E-state index is 0.333. The number of hydrazine groups is 1. The van der Waals surface area contributed by atoms with Gasteiger partial charge in [-0.1, -0.05) is 6.07 Å². The summed E-state index contributed by atoms with van der Waals surface area (Å²) in [5.74, 6) is 5.28. The molecule has 0 heterocycles. The summed E-state index contributed by atoms with van der Waals surface area (Å²) in [6.45, 7) is 2.08. The van der Waals surface area contributed by atoms with Crippen molar-refractivity contribution >= 4 is 23.3 Å². The van der Waals surface area contributed by atoms with Gasteiger partial charge >= 0.3 is 5.97 Å². The van der Waals surface area contributed by atoms with Crippen molar-refractivity contribution in [3.63, 3.8) is 0 Å². The molecule has 0 atom stereocenters. The highest BCUT2D eigenvalue weighted by Crippen LogP contribution is 2.19. The number of nitrogen functional groups attached to an aromatic ring is 1. The van der Waals surface area contributed by atoms with Crippen molar-refractivity contribution in [1.82, 2.24) is 0 Å². The van der Waals surface area contributed by atoms with E-state index in [2.05, 4.69) is 5.43 Å². The first kappa shape index (κ1) is 11.8. The Bertz CT molecular complexity index is 355. The third-order valence-corrected chi connectivity index (χ3v) is 2.20. The molecule has 1 rings (SSSR count). The number of carbonyl (C=O) groups is 1. The van der Waals surface area contributed by atoms with Crippen LogP contribution in [0.15, 0.2) is 18.2 Å². The fourth-order valence-corrected chi connectivity index (χ4v) is 1.35. The first-order chi connectivity index (χ1) is 7.22. The van der Waals surface area contributed by atoms with Crippen LogP contribution in [0.25, 0.3) is 0 Å². The number of carbonyl (C=O) groups excluding carboxylic acids is 1. The molecule has 0 radical (unpaired) electrons. The van der Waals surface area contributed by atoms with Crippen LogP contribution in [0, 0.1) is 0 Å². The molecule has 0 spiro atoms. The molecule has 0 bridgehead atoms. The number of esters is 1. The molecule has 82 valence electrons. The fourth-order valence-electron chi connectivity index (χ4n) is 1.18. The van der Waals surface area contributed by atoms with Crippen LogP contribution < -0.4 is 11.3 Å². The van der Waals surface area contributed by atoms with Gasteiger partial charge in [0.15, 0.2) is 0 Å². The quantitative estimate of drug-likeness (QED) is 0.358. The maximum Gasteiger partial charge on any atom is 0.340 e. The number of nitrogens with two attached hydrogens (primary N) is 1. The van der Waals surface area contributed by atoms with Gasteiger partial charge in [0.2, 0.25) is 0 Å². The van der Waals surface area contributed by atoms with E-state index in [9.17, 15) is 4.79 Å². The highest BCUT2D eigenvalue weighted by molar-refractivity contribution is 6.17. The largest absolute Gasteiger partial charge is 0.462 e. The predicted octanol–water partition coefficient (Wildman–Crippen LogP) is 1.89. The van der Waals surface area contributed by atoms with E-state index >= 15 is 0 Å². The number of alkyl halides is 1. The molecule has 15 heavy (non-hydrogen) atoms. The smallest absolute Gasteiger partial charge is 0.340 e. The minimum atomic E-state index is -0.397. The Labute approximate surface area is 93.3 Å². The Kier molecular flexibility index (Phi) is 4.39. The zero-order valence-electron chi connectivity index (χ0n) is 8.42. The van der Waals surface area contributed by atoms with E-state index in [1.165, 1.54) is 0 Å². The molecule has 5 heteroatoms. The van der Waals surface area contributed by atoms with E-state index in [0.717, 1.165) is 5.56 Å². The highest BCUT2D eigenvalue weighted by atomic mass is 35.5. The molecule has 0 aliphatic carbocycles. The van der Waals surface area contributed by atoms with Gasteiger partial charge in [0.1, 0.15) is 0 Å². The zero-order valence-corrected chi connectivity index (χ0v) is 9.17. The first-order valence-electron chi connectivity index (χ1n) is 4.55. The maximum absolute atomic E-state index is 11.5. The van der Waals surface area contributed by atoms with E-state index in [0.29, 0.717) is 23.7 Å². The van der Waals surface area contributed by atoms with Gasteiger partial charge in [-0.05, 0) is 24.6 Å². The lowest BCUT2D eigenvalue weighted by Crippen LogP contribution is -2.14. The van der Waals surface area contributed by atoms with Crippen LogP contribution in [0.4, 0.5) is 5.69 Å². The van der Waals surface area contributed by atoms with Crippen LogP contribution in [0.3, 0.4) is 0 Å². The Morgan fingerprint density at radius 3 is 2.87 bits per heavy atom. The van der Waals surface area contributed by atoms with Gasteiger partial charge in [-0.15, -0.1) is 11.6 Å². The van der Waals surface area contributed by atoms with Crippen molar-refractivity contribution in [2.75, 3.05) is 12.0 Å².